The standard InChI is InChI=1S/C12H15N3O7S/c1-8(12(17)18)13-11(16)7-14(2)23(21,22)10-5-3-4-9(6-10)15(19)20/h3-6,8H,7H2,1-2H3,(H,13,16)(H,17,18)/t8-/m0/s1. The molecular weight excluding hydrogens is 330 g/mol. The van der Waals surface area contributed by atoms with E-state index in [1.54, 1.807) is 0 Å². The molecule has 0 aliphatic carbocycles. The van der Waals surface area contributed by atoms with Crippen LogP contribution in [0.4, 0.5) is 5.69 Å². The number of nitro benzene ring substituents is 1. The molecule has 1 aromatic rings. The Hall–Kier alpha value is -2.53. The number of hydrogen-bond acceptors (Lipinski definition) is 6. The fraction of sp³-hybridized carbons (Fsp3) is 0.333. The van der Waals surface area contributed by atoms with Crippen molar-refractivity contribution in [1.29, 1.82) is 0 Å². The van der Waals surface area contributed by atoms with Crippen molar-refractivity contribution in [3.05, 3.63) is 34.4 Å². The molecule has 1 amide bonds. The van der Waals surface area contributed by atoms with Gasteiger partial charge in [0, 0.05) is 19.2 Å². The van der Waals surface area contributed by atoms with Crippen LogP contribution in [-0.4, -0.2) is 54.3 Å². The second-order valence-electron chi connectivity index (χ2n) is 4.64. The summed E-state index contributed by atoms with van der Waals surface area (Å²) in [4.78, 5) is 31.9. The lowest BCUT2D eigenvalue weighted by molar-refractivity contribution is -0.385. The number of amides is 1. The quantitative estimate of drug-likeness (QED) is 0.514. The Bertz CT molecular complexity index is 732. The van der Waals surface area contributed by atoms with Crippen LogP contribution >= 0.6 is 0 Å². The average Bonchev–Trinajstić information content (AvgIpc) is 2.46. The van der Waals surface area contributed by atoms with Crippen LogP contribution in [0.25, 0.3) is 0 Å². The van der Waals surface area contributed by atoms with Crippen molar-refractivity contribution in [3.63, 3.8) is 0 Å². The number of carboxylic acid groups (broad SMARTS) is 1. The maximum atomic E-state index is 12.3. The van der Waals surface area contributed by atoms with Crippen LogP contribution < -0.4 is 5.32 Å². The molecule has 0 saturated carbocycles. The number of rotatable bonds is 7. The van der Waals surface area contributed by atoms with Gasteiger partial charge >= 0.3 is 5.97 Å². The number of carbonyl (C=O) groups is 2. The van der Waals surface area contributed by atoms with Crippen LogP contribution in [-0.2, 0) is 19.6 Å². The van der Waals surface area contributed by atoms with Gasteiger partial charge in [-0.25, -0.2) is 8.42 Å². The molecule has 0 aliphatic heterocycles. The van der Waals surface area contributed by atoms with Gasteiger partial charge in [0.05, 0.1) is 16.4 Å². The normalized spacial score (nSPS) is 12.7. The molecule has 0 saturated heterocycles. The van der Waals surface area contributed by atoms with Gasteiger partial charge in [-0.3, -0.25) is 19.7 Å². The van der Waals surface area contributed by atoms with Gasteiger partial charge in [-0.1, -0.05) is 6.07 Å². The van der Waals surface area contributed by atoms with Gasteiger partial charge in [0.1, 0.15) is 6.04 Å². The molecule has 0 aliphatic rings. The number of non-ortho nitro benzene ring substituents is 1. The zero-order valence-corrected chi connectivity index (χ0v) is 13.1. The molecule has 0 bridgehead atoms. The van der Waals surface area contributed by atoms with Gasteiger partial charge in [-0.2, -0.15) is 4.31 Å². The van der Waals surface area contributed by atoms with E-state index < -0.39 is 45.1 Å². The highest BCUT2D eigenvalue weighted by Crippen LogP contribution is 2.19. The monoisotopic (exact) mass is 345 g/mol. The summed E-state index contributed by atoms with van der Waals surface area (Å²) < 4.78 is 25.2. The first-order chi connectivity index (χ1) is 10.6. The Morgan fingerprint density at radius 3 is 2.57 bits per heavy atom. The molecule has 1 aromatic carbocycles. The fourth-order valence-electron chi connectivity index (χ4n) is 1.57. The van der Waals surface area contributed by atoms with Crippen LogP contribution in [0.1, 0.15) is 6.92 Å². The summed E-state index contributed by atoms with van der Waals surface area (Å²) in [7, 11) is -3.02. The molecule has 10 nitrogen and oxygen atoms in total. The van der Waals surface area contributed by atoms with E-state index in [1.165, 1.54) is 13.0 Å². The van der Waals surface area contributed by atoms with Gasteiger partial charge < -0.3 is 10.4 Å². The van der Waals surface area contributed by atoms with Gasteiger partial charge in [0.25, 0.3) is 5.69 Å². The molecule has 1 atom stereocenters. The highest BCUT2D eigenvalue weighted by Gasteiger charge is 2.25. The molecular formula is C12H15N3O7S. The third-order valence-electron chi connectivity index (χ3n) is 2.85. The van der Waals surface area contributed by atoms with Crippen LogP contribution in [0.3, 0.4) is 0 Å². The molecule has 1 rings (SSSR count). The molecule has 0 spiro atoms. The highest BCUT2D eigenvalue weighted by atomic mass is 32.2. The van der Waals surface area contributed by atoms with Crippen molar-refractivity contribution < 1.29 is 28.0 Å². The zero-order chi connectivity index (χ0) is 17.8. The molecule has 11 heteroatoms. The summed E-state index contributed by atoms with van der Waals surface area (Å²) in [5.74, 6) is -2.07. The number of aliphatic carboxylic acids is 1. The SMILES string of the molecule is C[C@H](NC(=O)CN(C)S(=O)(=O)c1cccc([N+](=O)[O-])c1)C(=O)O. The molecule has 0 heterocycles. The number of hydrogen-bond donors (Lipinski definition) is 2. The van der Waals surface area contributed by atoms with E-state index in [2.05, 4.69) is 5.32 Å². The fourth-order valence-corrected chi connectivity index (χ4v) is 2.74. The number of benzene rings is 1. The van der Waals surface area contributed by atoms with Crippen LogP contribution in [0.2, 0.25) is 0 Å². The van der Waals surface area contributed by atoms with Crippen molar-refractivity contribution in [2.24, 2.45) is 0 Å². The summed E-state index contributed by atoms with van der Waals surface area (Å²) >= 11 is 0. The summed E-state index contributed by atoms with van der Waals surface area (Å²) in [5, 5.41) is 21.5. The number of carbonyl (C=O) groups excluding carboxylic acids is 1. The Labute approximate surface area is 131 Å². The first-order valence-corrected chi connectivity index (χ1v) is 7.72. The van der Waals surface area contributed by atoms with Crippen molar-refractivity contribution in [3.8, 4) is 0 Å². The maximum absolute atomic E-state index is 12.3. The van der Waals surface area contributed by atoms with E-state index in [9.17, 15) is 28.1 Å². The smallest absolute Gasteiger partial charge is 0.325 e. The summed E-state index contributed by atoms with van der Waals surface area (Å²) in [6, 6.07) is 3.22. The summed E-state index contributed by atoms with van der Waals surface area (Å²) in [5.41, 5.74) is -0.400. The largest absolute Gasteiger partial charge is 0.480 e. The van der Waals surface area contributed by atoms with E-state index in [0.717, 1.165) is 25.2 Å². The Morgan fingerprint density at radius 1 is 1.43 bits per heavy atom. The van der Waals surface area contributed by atoms with Crippen LogP contribution in [0.5, 0.6) is 0 Å². The third kappa shape index (κ3) is 4.72. The van der Waals surface area contributed by atoms with E-state index >= 15 is 0 Å². The van der Waals surface area contributed by atoms with E-state index in [1.807, 2.05) is 0 Å². The van der Waals surface area contributed by atoms with Crippen molar-refractivity contribution in [2.45, 2.75) is 17.9 Å². The van der Waals surface area contributed by atoms with Crippen molar-refractivity contribution >= 4 is 27.6 Å². The minimum absolute atomic E-state index is 0.340. The molecule has 0 radical (unpaired) electrons. The number of nitrogens with one attached hydrogen (secondary N) is 1. The van der Waals surface area contributed by atoms with Crippen molar-refractivity contribution in [2.75, 3.05) is 13.6 Å². The predicted molar refractivity (Wildman–Crippen MR) is 78.2 cm³/mol. The maximum Gasteiger partial charge on any atom is 0.325 e. The Balaban J connectivity index is 2.91. The number of carboxylic acids is 1. The zero-order valence-electron chi connectivity index (χ0n) is 12.3. The Morgan fingerprint density at radius 2 is 2.04 bits per heavy atom. The lowest BCUT2D eigenvalue weighted by Gasteiger charge is -2.17. The molecule has 23 heavy (non-hydrogen) atoms. The first-order valence-electron chi connectivity index (χ1n) is 6.28. The number of nitro groups is 1. The topological polar surface area (TPSA) is 147 Å². The summed E-state index contributed by atoms with van der Waals surface area (Å²) in [6.07, 6.45) is 0. The second kappa shape index (κ2) is 7.15. The van der Waals surface area contributed by atoms with Gasteiger partial charge in [-0.15, -0.1) is 0 Å². The van der Waals surface area contributed by atoms with Crippen molar-refractivity contribution in [1.82, 2.24) is 9.62 Å². The minimum Gasteiger partial charge on any atom is -0.480 e. The number of likely N-dealkylation sites (N-methyl/N-ethyl adjacent to an activating group) is 1. The van der Waals surface area contributed by atoms with E-state index in [0.29, 0.717) is 4.31 Å². The first kappa shape index (κ1) is 18.5. The van der Waals surface area contributed by atoms with Gasteiger partial charge in [0.2, 0.25) is 15.9 Å². The lowest BCUT2D eigenvalue weighted by atomic mass is 10.3. The summed E-state index contributed by atoms with van der Waals surface area (Å²) in [6.45, 7) is 0.609. The van der Waals surface area contributed by atoms with Gasteiger partial charge in [0.15, 0.2) is 0 Å². The number of sulfonamides is 1. The molecule has 126 valence electrons. The number of nitrogens with zero attached hydrogens (tertiary/aromatic N) is 2. The van der Waals surface area contributed by atoms with Crippen LogP contribution in [0, 0.1) is 10.1 Å². The Kier molecular flexibility index (Phi) is 5.76. The van der Waals surface area contributed by atoms with Gasteiger partial charge in [-0.05, 0) is 13.0 Å². The second-order valence-corrected chi connectivity index (χ2v) is 6.69. The van der Waals surface area contributed by atoms with E-state index in [4.69, 9.17) is 5.11 Å². The van der Waals surface area contributed by atoms with E-state index in [-0.39, 0.29) is 4.90 Å². The third-order valence-corrected chi connectivity index (χ3v) is 4.65. The minimum atomic E-state index is -4.13. The predicted octanol–water partition coefficient (Wildman–Crippen LogP) is -0.195. The lowest BCUT2D eigenvalue weighted by Crippen LogP contribution is -2.44. The molecule has 0 fully saturated rings. The molecule has 0 aromatic heterocycles. The molecule has 2 N–H and O–H groups in total. The average molecular weight is 345 g/mol. The molecule has 0 unspecified atom stereocenters. The highest BCUT2D eigenvalue weighted by molar-refractivity contribution is 7.89. The van der Waals surface area contributed by atoms with Crippen LogP contribution in [0.15, 0.2) is 29.2 Å².